The van der Waals surface area contributed by atoms with Gasteiger partial charge >= 0.3 is 0 Å². The number of hydrogen-bond donors (Lipinski definition) is 0. The molecule has 3 rings (SSSR count). The molecule has 0 N–H and O–H groups in total. The first-order valence-electron chi connectivity index (χ1n) is 6.94. The van der Waals surface area contributed by atoms with Gasteiger partial charge in [-0.05, 0) is 47.7 Å². The van der Waals surface area contributed by atoms with E-state index in [1.165, 1.54) is 35.2 Å². The average Bonchev–Trinajstić information content (AvgIpc) is 2.69. The molecule has 0 fully saturated rings. The maximum atomic E-state index is 6.12. The van der Waals surface area contributed by atoms with E-state index in [9.17, 15) is 0 Å². The van der Waals surface area contributed by atoms with Gasteiger partial charge in [0, 0.05) is 29.1 Å². The molecule has 0 unspecified atom stereocenters. The van der Waals surface area contributed by atoms with Gasteiger partial charge in [-0.25, -0.2) is 0 Å². The first kappa shape index (κ1) is 14.0. The lowest BCUT2D eigenvalue weighted by Crippen LogP contribution is -2.23. The number of benzene rings is 2. The normalized spacial score (nSPS) is 14.8. The molecule has 0 saturated heterocycles. The molecule has 0 aromatic heterocycles. The molecule has 0 bridgehead atoms. The zero-order valence-corrected chi connectivity index (χ0v) is 13.6. The highest BCUT2D eigenvalue weighted by Gasteiger charge is 2.16. The molecule has 0 atom stereocenters. The van der Waals surface area contributed by atoms with Crippen LogP contribution >= 0.6 is 27.5 Å². The molecule has 2 aromatic rings. The van der Waals surface area contributed by atoms with Crippen LogP contribution in [-0.4, -0.2) is 6.54 Å². The third-order valence-corrected chi connectivity index (χ3v) is 4.66. The monoisotopic (exact) mass is 349 g/mol. The number of aryl methyl sites for hydroxylation is 1. The summed E-state index contributed by atoms with van der Waals surface area (Å²) >= 11 is 9.64. The lowest BCUT2D eigenvalue weighted by molar-refractivity contribution is 0.763. The van der Waals surface area contributed by atoms with Crippen LogP contribution in [0.3, 0.4) is 0 Å². The van der Waals surface area contributed by atoms with Gasteiger partial charge in [0.1, 0.15) is 0 Å². The highest BCUT2D eigenvalue weighted by Crippen LogP contribution is 2.29. The molecule has 0 aliphatic carbocycles. The molecule has 1 aliphatic rings. The first-order valence-corrected chi connectivity index (χ1v) is 8.27. The topological polar surface area (TPSA) is 3.24 Å². The number of nitrogens with zero attached hydrogens (tertiary/aromatic N) is 1. The molecule has 1 nitrogen and oxygen atoms in total. The standard InChI is InChI=1S/C17H17BrClN/c18-16-7-8-17(15(10-16)11-19)20-9-3-6-13-4-1-2-5-14(13)12-20/h1-2,4-5,7-8,10H,3,6,9,11-12H2. The quantitative estimate of drug-likeness (QED) is 0.678. The lowest BCUT2D eigenvalue weighted by atomic mass is 10.0. The molecule has 0 amide bonds. The second kappa shape index (κ2) is 6.19. The van der Waals surface area contributed by atoms with Crippen LogP contribution in [0.25, 0.3) is 0 Å². The summed E-state index contributed by atoms with van der Waals surface area (Å²) in [5.74, 6) is 0.549. The van der Waals surface area contributed by atoms with Crippen LogP contribution in [0.4, 0.5) is 5.69 Å². The van der Waals surface area contributed by atoms with Gasteiger partial charge in [0.15, 0.2) is 0 Å². The Labute approximate surface area is 133 Å². The summed E-state index contributed by atoms with van der Waals surface area (Å²) in [6.45, 7) is 2.06. The van der Waals surface area contributed by atoms with E-state index < -0.39 is 0 Å². The molecular formula is C17H17BrClN. The first-order chi connectivity index (χ1) is 9.78. The summed E-state index contributed by atoms with van der Waals surface area (Å²) in [7, 11) is 0. The van der Waals surface area contributed by atoms with Crippen molar-refractivity contribution in [3.8, 4) is 0 Å². The van der Waals surface area contributed by atoms with Crippen molar-refractivity contribution in [1.82, 2.24) is 0 Å². The molecule has 0 saturated carbocycles. The summed E-state index contributed by atoms with van der Waals surface area (Å²) < 4.78 is 1.09. The predicted octanol–water partition coefficient (Wildman–Crippen LogP) is 5.14. The summed E-state index contributed by atoms with van der Waals surface area (Å²) in [5, 5.41) is 0. The Bertz CT molecular complexity index is 612. The van der Waals surface area contributed by atoms with Crippen molar-refractivity contribution in [2.45, 2.75) is 25.3 Å². The van der Waals surface area contributed by atoms with Gasteiger partial charge in [0.2, 0.25) is 0 Å². The Hall–Kier alpha value is -0.990. The van der Waals surface area contributed by atoms with Crippen molar-refractivity contribution in [3.63, 3.8) is 0 Å². The van der Waals surface area contributed by atoms with E-state index >= 15 is 0 Å². The Morgan fingerprint density at radius 2 is 1.90 bits per heavy atom. The van der Waals surface area contributed by atoms with Gasteiger partial charge in [-0.1, -0.05) is 40.2 Å². The zero-order chi connectivity index (χ0) is 13.9. The summed E-state index contributed by atoms with van der Waals surface area (Å²) in [5.41, 5.74) is 5.38. The van der Waals surface area contributed by atoms with Crippen molar-refractivity contribution in [2.75, 3.05) is 11.4 Å². The molecular weight excluding hydrogens is 334 g/mol. The number of anilines is 1. The lowest BCUT2D eigenvalue weighted by Gasteiger charge is -2.25. The van der Waals surface area contributed by atoms with E-state index in [0.717, 1.165) is 17.6 Å². The second-order valence-corrected chi connectivity index (χ2v) is 6.38. The largest absolute Gasteiger partial charge is 0.367 e. The third kappa shape index (κ3) is 2.87. The Morgan fingerprint density at radius 3 is 2.70 bits per heavy atom. The van der Waals surface area contributed by atoms with Crippen molar-refractivity contribution in [2.24, 2.45) is 0 Å². The van der Waals surface area contributed by atoms with Crippen LogP contribution in [-0.2, 0) is 18.8 Å². The van der Waals surface area contributed by atoms with Crippen LogP contribution in [0.15, 0.2) is 46.9 Å². The summed E-state index contributed by atoms with van der Waals surface area (Å²) in [6.07, 6.45) is 2.36. The maximum absolute atomic E-state index is 6.12. The van der Waals surface area contributed by atoms with Crippen LogP contribution < -0.4 is 4.90 Å². The van der Waals surface area contributed by atoms with Gasteiger partial charge in [0.25, 0.3) is 0 Å². The summed E-state index contributed by atoms with van der Waals surface area (Å²) in [4.78, 5) is 2.45. The average molecular weight is 351 g/mol. The highest BCUT2D eigenvalue weighted by atomic mass is 79.9. The van der Waals surface area contributed by atoms with Crippen LogP contribution in [0.2, 0.25) is 0 Å². The number of hydrogen-bond acceptors (Lipinski definition) is 1. The van der Waals surface area contributed by atoms with Gasteiger partial charge in [-0.15, -0.1) is 11.6 Å². The van der Waals surface area contributed by atoms with Crippen molar-refractivity contribution in [1.29, 1.82) is 0 Å². The van der Waals surface area contributed by atoms with E-state index in [1.807, 2.05) is 0 Å². The van der Waals surface area contributed by atoms with Gasteiger partial charge < -0.3 is 4.90 Å². The van der Waals surface area contributed by atoms with E-state index in [-0.39, 0.29) is 0 Å². The third-order valence-electron chi connectivity index (χ3n) is 3.88. The van der Waals surface area contributed by atoms with Crippen LogP contribution in [0.5, 0.6) is 0 Å². The smallest absolute Gasteiger partial charge is 0.0494 e. The van der Waals surface area contributed by atoms with E-state index in [0.29, 0.717) is 5.88 Å². The molecule has 0 spiro atoms. The minimum atomic E-state index is 0.549. The van der Waals surface area contributed by atoms with Gasteiger partial charge in [-0.3, -0.25) is 0 Å². The van der Waals surface area contributed by atoms with E-state index in [2.05, 4.69) is 63.3 Å². The number of alkyl halides is 1. The minimum absolute atomic E-state index is 0.549. The Kier molecular flexibility index (Phi) is 4.32. The predicted molar refractivity (Wildman–Crippen MR) is 89.5 cm³/mol. The maximum Gasteiger partial charge on any atom is 0.0494 e. The van der Waals surface area contributed by atoms with Crippen LogP contribution in [0, 0.1) is 0 Å². The molecule has 1 heterocycles. The second-order valence-electron chi connectivity index (χ2n) is 5.20. The molecule has 1 aliphatic heterocycles. The number of fused-ring (bicyclic) bond motifs is 1. The fourth-order valence-electron chi connectivity index (χ4n) is 2.88. The van der Waals surface area contributed by atoms with Crippen LogP contribution in [0.1, 0.15) is 23.1 Å². The molecule has 3 heteroatoms. The van der Waals surface area contributed by atoms with Crippen molar-refractivity contribution < 1.29 is 0 Å². The number of rotatable bonds is 2. The number of halogens is 2. The summed E-state index contributed by atoms with van der Waals surface area (Å²) in [6, 6.07) is 15.2. The molecule has 0 radical (unpaired) electrons. The van der Waals surface area contributed by atoms with E-state index in [1.54, 1.807) is 0 Å². The fourth-order valence-corrected chi connectivity index (χ4v) is 3.50. The zero-order valence-electron chi connectivity index (χ0n) is 11.3. The Morgan fingerprint density at radius 1 is 1.10 bits per heavy atom. The Balaban J connectivity index is 1.95. The SMILES string of the molecule is ClCc1cc(Br)ccc1N1CCCc2ccccc2C1. The van der Waals surface area contributed by atoms with E-state index in [4.69, 9.17) is 11.6 Å². The molecule has 20 heavy (non-hydrogen) atoms. The fraction of sp³-hybridized carbons (Fsp3) is 0.294. The van der Waals surface area contributed by atoms with Crippen molar-refractivity contribution in [3.05, 3.63) is 63.6 Å². The minimum Gasteiger partial charge on any atom is -0.367 e. The van der Waals surface area contributed by atoms with Gasteiger partial charge in [-0.2, -0.15) is 0 Å². The molecule has 2 aromatic carbocycles. The highest BCUT2D eigenvalue weighted by molar-refractivity contribution is 9.10. The van der Waals surface area contributed by atoms with Crippen molar-refractivity contribution >= 4 is 33.2 Å². The van der Waals surface area contributed by atoms with Gasteiger partial charge in [0.05, 0.1) is 0 Å². The molecule has 104 valence electrons.